The zero-order chi connectivity index (χ0) is 13.8. The van der Waals surface area contributed by atoms with Gasteiger partial charge in [-0.1, -0.05) is 28.9 Å². The molecule has 2 rings (SSSR count). The van der Waals surface area contributed by atoms with Crippen LogP contribution in [-0.4, -0.2) is 19.1 Å². The standard InChI is InChI=1S/C16H25BrN2/c1-3-14(18)9-13-7-8-15(10-16(13)17)19(4-2)11-12-5-6-12/h7-8,10,12,14H,3-6,9,11,18H2,1-2H3. The molecule has 1 aromatic rings. The molecule has 0 aliphatic heterocycles. The van der Waals surface area contributed by atoms with Gasteiger partial charge in [-0.05, 0) is 56.2 Å². The second-order valence-corrected chi connectivity index (χ2v) is 6.48. The molecule has 0 spiro atoms. The first kappa shape index (κ1) is 14.9. The van der Waals surface area contributed by atoms with E-state index in [1.807, 2.05) is 0 Å². The smallest absolute Gasteiger partial charge is 0.0377 e. The van der Waals surface area contributed by atoms with Gasteiger partial charge in [0.2, 0.25) is 0 Å². The maximum absolute atomic E-state index is 6.04. The minimum atomic E-state index is 0.260. The molecule has 106 valence electrons. The average molecular weight is 325 g/mol. The van der Waals surface area contributed by atoms with Crippen molar-refractivity contribution in [2.45, 2.75) is 45.6 Å². The largest absolute Gasteiger partial charge is 0.372 e. The molecule has 3 heteroatoms. The van der Waals surface area contributed by atoms with Crippen LogP contribution in [0.2, 0.25) is 0 Å². The Hall–Kier alpha value is -0.540. The molecule has 19 heavy (non-hydrogen) atoms. The number of anilines is 1. The van der Waals surface area contributed by atoms with Crippen molar-refractivity contribution in [3.63, 3.8) is 0 Å². The highest BCUT2D eigenvalue weighted by molar-refractivity contribution is 9.10. The van der Waals surface area contributed by atoms with Gasteiger partial charge in [0.05, 0.1) is 0 Å². The van der Waals surface area contributed by atoms with Crippen molar-refractivity contribution >= 4 is 21.6 Å². The van der Waals surface area contributed by atoms with Crippen molar-refractivity contribution in [2.24, 2.45) is 11.7 Å². The van der Waals surface area contributed by atoms with Gasteiger partial charge in [0.25, 0.3) is 0 Å². The van der Waals surface area contributed by atoms with Crippen molar-refractivity contribution in [2.75, 3.05) is 18.0 Å². The van der Waals surface area contributed by atoms with Gasteiger partial charge in [0.15, 0.2) is 0 Å². The summed E-state index contributed by atoms with van der Waals surface area (Å²) in [6, 6.07) is 6.98. The summed E-state index contributed by atoms with van der Waals surface area (Å²) < 4.78 is 1.20. The van der Waals surface area contributed by atoms with Gasteiger partial charge in [-0.3, -0.25) is 0 Å². The predicted octanol–water partition coefficient (Wildman–Crippen LogP) is 3.97. The molecule has 2 nitrogen and oxygen atoms in total. The van der Waals surface area contributed by atoms with E-state index >= 15 is 0 Å². The molecule has 0 bridgehead atoms. The van der Waals surface area contributed by atoms with Crippen LogP contribution in [0.25, 0.3) is 0 Å². The third-order valence-corrected chi connectivity index (χ3v) is 4.70. The van der Waals surface area contributed by atoms with E-state index in [1.165, 1.54) is 35.1 Å². The number of benzene rings is 1. The third-order valence-electron chi connectivity index (χ3n) is 3.97. The minimum Gasteiger partial charge on any atom is -0.372 e. The maximum atomic E-state index is 6.04. The molecule has 0 amide bonds. The fraction of sp³-hybridized carbons (Fsp3) is 0.625. The Morgan fingerprint density at radius 3 is 2.63 bits per heavy atom. The van der Waals surface area contributed by atoms with E-state index in [4.69, 9.17) is 5.73 Å². The number of hydrogen-bond acceptors (Lipinski definition) is 2. The Bertz CT molecular complexity index is 415. The summed E-state index contributed by atoms with van der Waals surface area (Å²) in [6.45, 7) is 6.66. The number of nitrogens with two attached hydrogens (primary N) is 1. The molecule has 1 aliphatic rings. The molecule has 1 atom stereocenters. The van der Waals surface area contributed by atoms with E-state index in [-0.39, 0.29) is 6.04 Å². The topological polar surface area (TPSA) is 29.3 Å². The van der Waals surface area contributed by atoms with E-state index in [0.717, 1.165) is 25.3 Å². The summed E-state index contributed by atoms with van der Waals surface area (Å²) >= 11 is 3.70. The number of halogens is 1. The first-order valence-corrected chi connectivity index (χ1v) is 8.22. The molecule has 1 fully saturated rings. The van der Waals surface area contributed by atoms with Gasteiger partial charge in [-0.2, -0.15) is 0 Å². The maximum Gasteiger partial charge on any atom is 0.0377 e. The summed E-state index contributed by atoms with van der Waals surface area (Å²) in [7, 11) is 0. The van der Waals surface area contributed by atoms with Gasteiger partial charge >= 0.3 is 0 Å². The Balaban J connectivity index is 2.07. The summed E-state index contributed by atoms with van der Waals surface area (Å²) in [5.74, 6) is 0.923. The number of hydrogen-bond donors (Lipinski definition) is 1. The lowest BCUT2D eigenvalue weighted by molar-refractivity contribution is 0.645. The molecule has 1 unspecified atom stereocenters. The average Bonchev–Trinajstić information content (AvgIpc) is 3.22. The fourth-order valence-electron chi connectivity index (χ4n) is 2.35. The number of rotatable bonds is 7. The Morgan fingerprint density at radius 2 is 2.11 bits per heavy atom. The molecule has 2 N–H and O–H groups in total. The summed E-state index contributed by atoms with van der Waals surface area (Å²) in [6.07, 6.45) is 4.78. The van der Waals surface area contributed by atoms with Gasteiger partial charge < -0.3 is 10.6 Å². The van der Waals surface area contributed by atoms with Crippen LogP contribution in [0.15, 0.2) is 22.7 Å². The van der Waals surface area contributed by atoms with E-state index < -0.39 is 0 Å². The van der Waals surface area contributed by atoms with Crippen molar-refractivity contribution < 1.29 is 0 Å². The third kappa shape index (κ3) is 4.22. The molecule has 1 aromatic carbocycles. The van der Waals surface area contributed by atoms with Crippen LogP contribution >= 0.6 is 15.9 Å². The molecule has 0 heterocycles. The quantitative estimate of drug-likeness (QED) is 0.822. The zero-order valence-electron chi connectivity index (χ0n) is 12.0. The molecule has 0 aromatic heterocycles. The lowest BCUT2D eigenvalue weighted by atomic mass is 10.0. The highest BCUT2D eigenvalue weighted by Gasteiger charge is 2.24. The van der Waals surface area contributed by atoms with Crippen molar-refractivity contribution in [3.8, 4) is 0 Å². The van der Waals surface area contributed by atoms with Crippen LogP contribution in [-0.2, 0) is 6.42 Å². The molecule has 1 aliphatic carbocycles. The SMILES string of the molecule is CCC(N)Cc1ccc(N(CC)CC2CC2)cc1Br. The van der Waals surface area contributed by atoms with Crippen LogP contribution in [0.5, 0.6) is 0 Å². The van der Waals surface area contributed by atoms with Gasteiger partial charge in [-0.25, -0.2) is 0 Å². The zero-order valence-corrected chi connectivity index (χ0v) is 13.6. The Labute approximate surface area is 125 Å². The highest BCUT2D eigenvalue weighted by atomic mass is 79.9. The van der Waals surface area contributed by atoms with Gasteiger partial charge in [0.1, 0.15) is 0 Å². The van der Waals surface area contributed by atoms with Crippen LogP contribution in [0.3, 0.4) is 0 Å². The minimum absolute atomic E-state index is 0.260. The first-order chi connectivity index (χ1) is 9.13. The van der Waals surface area contributed by atoms with Crippen molar-refractivity contribution in [3.05, 3.63) is 28.2 Å². The highest BCUT2D eigenvalue weighted by Crippen LogP contribution is 2.32. The summed E-state index contributed by atoms with van der Waals surface area (Å²) in [4.78, 5) is 2.48. The first-order valence-electron chi connectivity index (χ1n) is 7.43. The predicted molar refractivity (Wildman–Crippen MR) is 86.7 cm³/mol. The Kier molecular flexibility index (Phi) is 5.28. The lowest BCUT2D eigenvalue weighted by Crippen LogP contribution is -2.25. The van der Waals surface area contributed by atoms with Gasteiger partial charge in [0, 0.05) is 29.3 Å². The molecule has 0 saturated heterocycles. The molecule has 1 saturated carbocycles. The monoisotopic (exact) mass is 324 g/mol. The molecular weight excluding hydrogens is 300 g/mol. The molecular formula is C16H25BrN2. The number of nitrogens with zero attached hydrogens (tertiary/aromatic N) is 1. The second-order valence-electron chi connectivity index (χ2n) is 5.63. The van der Waals surface area contributed by atoms with Crippen LogP contribution < -0.4 is 10.6 Å². The van der Waals surface area contributed by atoms with Crippen molar-refractivity contribution in [1.29, 1.82) is 0 Å². The van der Waals surface area contributed by atoms with Crippen molar-refractivity contribution in [1.82, 2.24) is 0 Å². The van der Waals surface area contributed by atoms with E-state index in [1.54, 1.807) is 0 Å². The molecule has 0 radical (unpaired) electrons. The van der Waals surface area contributed by atoms with E-state index in [0.29, 0.717) is 0 Å². The van der Waals surface area contributed by atoms with Crippen LogP contribution in [0.4, 0.5) is 5.69 Å². The van der Waals surface area contributed by atoms with Gasteiger partial charge in [-0.15, -0.1) is 0 Å². The second kappa shape index (κ2) is 6.76. The normalized spacial score (nSPS) is 16.4. The van der Waals surface area contributed by atoms with Crippen LogP contribution in [0.1, 0.15) is 38.7 Å². The summed E-state index contributed by atoms with van der Waals surface area (Å²) in [5, 5.41) is 0. The Morgan fingerprint density at radius 1 is 1.37 bits per heavy atom. The fourth-order valence-corrected chi connectivity index (χ4v) is 2.88. The summed E-state index contributed by atoms with van der Waals surface area (Å²) in [5.41, 5.74) is 8.69. The van der Waals surface area contributed by atoms with E-state index in [2.05, 4.69) is 52.9 Å². The van der Waals surface area contributed by atoms with Crippen LogP contribution in [0, 0.1) is 5.92 Å². The van der Waals surface area contributed by atoms with E-state index in [9.17, 15) is 0 Å². The lowest BCUT2D eigenvalue weighted by Gasteiger charge is -2.24.